The number of methoxy groups -OCH3 is 1. The predicted octanol–water partition coefficient (Wildman–Crippen LogP) is 6.01. The Morgan fingerprint density at radius 2 is 1.97 bits per heavy atom. The molecule has 8 heteroatoms. The molecule has 30 heavy (non-hydrogen) atoms. The van der Waals surface area contributed by atoms with Crippen molar-refractivity contribution < 1.29 is 9.47 Å². The van der Waals surface area contributed by atoms with Crippen LogP contribution < -0.4 is 14.9 Å². The summed E-state index contributed by atoms with van der Waals surface area (Å²) in [5.41, 5.74) is 6.58. The monoisotopic (exact) mass is 484 g/mol. The van der Waals surface area contributed by atoms with Crippen molar-refractivity contribution in [3.8, 4) is 11.5 Å². The number of rotatable bonds is 7. The molecule has 1 heterocycles. The molecule has 0 amide bonds. The number of imidazole rings is 1. The van der Waals surface area contributed by atoms with Gasteiger partial charge in [0, 0.05) is 5.02 Å². The first-order chi connectivity index (χ1) is 14.6. The van der Waals surface area contributed by atoms with Crippen LogP contribution in [0.1, 0.15) is 11.1 Å². The van der Waals surface area contributed by atoms with Gasteiger partial charge < -0.3 is 14.5 Å². The Bertz CT molecular complexity index is 1160. The van der Waals surface area contributed by atoms with E-state index in [1.165, 1.54) is 0 Å². The summed E-state index contributed by atoms with van der Waals surface area (Å²) in [5, 5.41) is 4.95. The van der Waals surface area contributed by atoms with E-state index in [0.29, 0.717) is 29.1 Å². The molecule has 0 spiro atoms. The molecule has 0 atom stereocenters. The second kappa shape index (κ2) is 9.19. The Kier molecular flexibility index (Phi) is 6.21. The molecule has 0 saturated carbocycles. The lowest BCUT2D eigenvalue weighted by molar-refractivity contribution is 0.282. The van der Waals surface area contributed by atoms with Gasteiger partial charge in [-0.2, -0.15) is 5.10 Å². The Morgan fingerprint density at radius 1 is 1.17 bits per heavy atom. The fourth-order valence-electron chi connectivity index (χ4n) is 2.86. The van der Waals surface area contributed by atoms with Gasteiger partial charge in [0.25, 0.3) is 0 Å². The lowest BCUT2D eigenvalue weighted by atomic mass is 10.2. The van der Waals surface area contributed by atoms with E-state index in [2.05, 4.69) is 36.4 Å². The number of aromatic amines is 1. The van der Waals surface area contributed by atoms with Gasteiger partial charge in [-0.05, 0) is 63.5 Å². The average molecular weight is 486 g/mol. The number of hydrogen-bond donors (Lipinski definition) is 2. The summed E-state index contributed by atoms with van der Waals surface area (Å²) in [7, 11) is 1.60. The van der Waals surface area contributed by atoms with Crippen molar-refractivity contribution in [1.82, 2.24) is 9.97 Å². The molecule has 3 aromatic carbocycles. The third kappa shape index (κ3) is 4.75. The summed E-state index contributed by atoms with van der Waals surface area (Å²) in [4.78, 5) is 7.59. The highest BCUT2D eigenvalue weighted by Gasteiger charge is 2.12. The number of anilines is 1. The first kappa shape index (κ1) is 20.3. The molecule has 4 rings (SSSR count). The van der Waals surface area contributed by atoms with E-state index < -0.39 is 0 Å². The van der Waals surface area contributed by atoms with Crippen molar-refractivity contribution in [3.05, 3.63) is 81.3 Å². The highest BCUT2D eigenvalue weighted by molar-refractivity contribution is 9.10. The Labute approximate surface area is 187 Å². The van der Waals surface area contributed by atoms with E-state index in [1.807, 2.05) is 60.7 Å². The minimum Gasteiger partial charge on any atom is -0.493 e. The molecular formula is C22H18BrClN4O2. The van der Waals surface area contributed by atoms with E-state index in [4.69, 9.17) is 21.1 Å². The Balaban J connectivity index is 1.46. The van der Waals surface area contributed by atoms with Gasteiger partial charge in [0.05, 0.1) is 28.8 Å². The van der Waals surface area contributed by atoms with Crippen LogP contribution in [0.5, 0.6) is 11.5 Å². The number of H-pyrrole nitrogens is 1. The summed E-state index contributed by atoms with van der Waals surface area (Å²) in [5.74, 6) is 1.79. The normalized spacial score (nSPS) is 11.2. The number of para-hydroxylation sites is 2. The average Bonchev–Trinajstić information content (AvgIpc) is 3.16. The SMILES string of the molecule is COc1cc(/C=N/Nc2nc3ccccc3[nH]2)cc(Br)c1OCc1ccc(Cl)cc1. The number of ether oxygens (including phenoxy) is 2. The van der Waals surface area contributed by atoms with Crippen molar-refractivity contribution in [2.75, 3.05) is 12.5 Å². The summed E-state index contributed by atoms with van der Waals surface area (Å²) in [6.07, 6.45) is 1.68. The van der Waals surface area contributed by atoms with Crippen LogP contribution >= 0.6 is 27.5 Å². The van der Waals surface area contributed by atoms with Gasteiger partial charge in [-0.15, -0.1) is 0 Å². The molecule has 0 fully saturated rings. The molecule has 0 saturated heterocycles. The van der Waals surface area contributed by atoms with Crippen molar-refractivity contribution in [2.24, 2.45) is 5.10 Å². The van der Waals surface area contributed by atoms with Crippen LogP contribution in [0.3, 0.4) is 0 Å². The van der Waals surface area contributed by atoms with Crippen LogP contribution in [-0.4, -0.2) is 23.3 Å². The molecule has 4 aromatic rings. The third-order valence-electron chi connectivity index (χ3n) is 4.32. The van der Waals surface area contributed by atoms with Crippen molar-refractivity contribution in [3.63, 3.8) is 0 Å². The maximum Gasteiger partial charge on any atom is 0.222 e. The number of hydrazone groups is 1. The summed E-state index contributed by atoms with van der Waals surface area (Å²) < 4.78 is 12.2. The first-order valence-corrected chi connectivity index (χ1v) is 10.3. The van der Waals surface area contributed by atoms with Crippen LogP contribution in [0, 0.1) is 0 Å². The van der Waals surface area contributed by atoms with Gasteiger partial charge in [-0.1, -0.05) is 35.9 Å². The number of halogens is 2. The molecule has 0 aliphatic rings. The molecule has 152 valence electrons. The zero-order valence-electron chi connectivity index (χ0n) is 16.0. The molecule has 0 unspecified atom stereocenters. The molecule has 1 aromatic heterocycles. The zero-order chi connectivity index (χ0) is 20.9. The second-order valence-electron chi connectivity index (χ2n) is 6.42. The molecule has 0 radical (unpaired) electrons. The van der Waals surface area contributed by atoms with Crippen LogP contribution in [0.25, 0.3) is 11.0 Å². The Morgan fingerprint density at radius 3 is 2.73 bits per heavy atom. The molecule has 0 aliphatic heterocycles. The molecule has 2 N–H and O–H groups in total. The standard InChI is InChI=1S/C22H18BrClN4O2/c1-29-20-11-15(12-25-28-22-26-18-4-2-3-5-19(18)27-22)10-17(23)21(20)30-13-14-6-8-16(24)9-7-14/h2-12H,13H2,1H3,(H2,26,27,28)/b25-12+. The highest BCUT2D eigenvalue weighted by atomic mass is 79.9. The first-order valence-electron chi connectivity index (χ1n) is 9.11. The summed E-state index contributed by atoms with van der Waals surface area (Å²) in [6.45, 7) is 0.396. The number of nitrogens with one attached hydrogen (secondary N) is 2. The van der Waals surface area contributed by atoms with Crippen LogP contribution in [0.4, 0.5) is 5.95 Å². The van der Waals surface area contributed by atoms with E-state index in [9.17, 15) is 0 Å². The smallest absolute Gasteiger partial charge is 0.222 e. The largest absolute Gasteiger partial charge is 0.493 e. The fraction of sp³-hybridized carbons (Fsp3) is 0.0909. The van der Waals surface area contributed by atoms with Crippen molar-refractivity contribution >= 4 is 50.7 Å². The van der Waals surface area contributed by atoms with Crippen LogP contribution in [0.2, 0.25) is 5.02 Å². The quantitative estimate of drug-likeness (QED) is 0.248. The summed E-state index contributed by atoms with van der Waals surface area (Å²) in [6, 6.07) is 19.1. The van der Waals surface area contributed by atoms with Crippen LogP contribution in [-0.2, 0) is 6.61 Å². The van der Waals surface area contributed by atoms with E-state index in [0.717, 1.165) is 26.6 Å². The molecular weight excluding hydrogens is 468 g/mol. The number of hydrogen-bond acceptors (Lipinski definition) is 5. The Hall–Kier alpha value is -3.03. The fourth-order valence-corrected chi connectivity index (χ4v) is 3.56. The van der Waals surface area contributed by atoms with E-state index >= 15 is 0 Å². The van der Waals surface area contributed by atoms with Gasteiger partial charge in [0.1, 0.15) is 6.61 Å². The molecule has 0 aliphatic carbocycles. The lowest BCUT2D eigenvalue weighted by Crippen LogP contribution is -2.00. The maximum absolute atomic E-state index is 5.96. The van der Waals surface area contributed by atoms with Gasteiger partial charge >= 0.3 is 0 Å². The molecule has 0 bridgehead atoms. The zero-order valence-corrected chi connectivity index (χ0v) is 18.4. The topological polar surface area (TPSA) is 71.5 Å². The summed E-state index contributed by atoms with van der Waals surface area (Å²) >= 11 is 9.49. The van der Waals surface area contributed by atoms with Crippen molar-refractivity contribution in [2.45, 2.75) is 6.61 Å². The number of aromatic nitrogens is 2. The van der Waals surface area contributed by atoms with Gasteiger partial charge in [-0.25, -0.2) is 10.4 Å². The minimum absolute atomic E-state index is 0.396. The lowest BCUT2D eigenvalue weighted by Gasteiger charge is -2.13. The molecule has 6 nitrogen and oxygen atoms in total. The van der Waals surface area contributed by atoms with E-state index in [1.54, 1.807) is 13.3 Å². The maximum atomic E-state index is 5.96. The van der Waals surface area contributed by atoms with Gasteiger partial charge in [0.15, 0.2) is 11.5 Å². The predicted molar refractivity (Wildman–Crippen MR) is 124 cm³/mol. The number of benzene rings is 3. The van der Waals surface area contributed by atoms with Crippen LogP contribution in [0.15, 0.2) is 70.2 Å². The van der Waals surface area contributed by atoms with E-state index in [-0.39, 0.29) is 0 Å². The second-order valence-corrected chi connectivity index (χ2v) is 7.71. The van der Waals surface area contributed by atoms with Gasteiger partial charge in [-0.3, -0.25) is 0 Å². The highest BCUT2D eigenvalue weighted by Crippen LogP contribution is 2.37. The van der Waals surface area contributed by atoms with Crippen molar-refractivity contribution in [1.29, 1.82) is 0 Å². The minimum atomic E-state index is 0.396. The van der Waals surface area contributed by atoms with Gasteiger partial charge in [0.2, 0.25) is 5.95 Å². The number of nitrogens with zero attached hydrogens (tertiary/aromatic N) is 2. The third-order valence-corrected chi connectivity index (χ3v) is 5.16. The number of fused-ring (bicyclic) bond motifs is 1.